The molecule has 0 atom stereocenters. The molecule has 1 N–H and O–H groups in total. The fourth-order valence-corrected chi connectivity index (χ4v) is 3.97. The lowest BCUT2D eigenvalue weighted by Crippen LogP contribution is -2.28. The third-order valence-electron chi connectivity index (χ3n) is 5.69. The summed E-state index contributed by atoms with van der Waals surface area (Å²) in [7, 11) is 0. The van der Waals surface area contributed by atoms with E-state index in [1.807, 2.05) is 28.8 Å². The first-order valence-corrected chi connectivity index (χ1v) is 11.5. The highest BCUT2D eigenvalue weighted by Crippen LogP contribution is 2.30. The van der Waals surface area contributed by atoms with Crippen LogP contribution in [-0.2, 0) is 18.5 Å². The van der Waals surface area contributed by atoms with Crippen LogP contribution in [0.3, 0.4) is 0 Å². The van der Waals surface area contributed by atoms with Crippen molar-refractivity contribution < 1.29 is 0 Å². The van der Waals surface area contributed by atoms with Crippen molar-refractivity contribution in [3.05, 3.63) is 70.4 Å². The van der Waals surface area contributed by atoms with E-state index in [2.05, 4.69) is 72.6 Å². The molecule has 0 saturated heterocycles. The molecule has 2 aromatic heterocycles. The maximum Gasteiger partial charge on any atom is 0.346 e. The van der Waals surface area contributed by atoms with Gasteiger partial charge >= 0.3 is 5.69 Å². The molecule has 4 aromatic rings. The molecule has 0 aliphatic heterocycles. The number of nitrogens with zero attached hydrogens (tertiary/aromatic N) is 6. The SMILES string of the molecule is CCCCCn1nc(C(C)(C)C)n(Cc2ccc(-c3ccccc3-c3nn[nH]n3)cc2)c1=O. The van der Waals surface area contributed by atoms with Crippen molar-refractivity contribution in [2.24, 2.45) is 0 Å². The molecule has 0 amide bonds. The molecule has 0 aliphatic carbocycles. The van der Waals surface area contributed by atoms with Crippen LogP contribution in [0.5, 0.6) is 0 Å². The molecule has 8 nitrogen and oxygen atoms in total. The van der Waals surface area contributed by atoms with Crippen LogP contribution in [0.15, 0.2) is 53.3 Å². The first kappa shape index (κ1) is 22.6. The Kier molecular flexibility index (Phi) is 6.53. The van der Waals surface area contributed by atoms with Crippen LogP contribution in [0.1, 0.15) is 58.3 Å². The molecular formula is C25H31N7O. The van der Waals surface area contributed by atoms with Crippen LogP contribution in [0, 0.1) is 0 Å². The van der Waals surface area contributed by atoms with Crippen molar-refractivity contribution in [1.82, 2.24) is 35.0 Å². The Morgan fingerprint density at radius 2 is 1.70 bits per heavy atom. The predicted molar refractivity (Wildman–Crippen MR) is 129 cm³/mol. The maximum atomic E-state index is 13.1. The quantitative estimate of drug-likeness (QED) is 0.405. The number of benzene rings is 2. The lowest BCUT2D eigenvalue weighted by atomic mass is 9.95. The van der Waals surface area contributed by atoms with E-state index in [1.165, 1.54) is 0 Å². The predicted octanol–water partition coefficient (Wildman–Crippen LogP) is 4.43. The van der Waals surface area contributed by atoms with Crippen molar-refractivity contribution in [1.29, 1.82) is 0 Å². The van der Waals surface area contributed by atoms with Gasteiger partial charge in [-0.2, -0.15) is 10.3 Å². The number of H-pyrrole nitrogens is 1. The molecule has 4 rings (SSSR count). The lowest BCUT2D eigenvalue weighted by Gasteiger charge is -2.18. The van der Waals surface area contributed by atoms with E-state index < -0.39 is 0 Å². The highest BCUT2D eigenvalue weighted by Gasteiger charge is 2.24. The molecule has 0 radical (unpaired) electrons. The molecule has 33 heavy (non-hydrogen) atoms. The number of rotatable bonds is 8. The average molecular weight is 446 g/mol. The molecule has 0 saturated carbocycles. The van der Waals surface area contributed by atoms with Crippen molar-refractivity contribution >= 4 is 0 Å². The normalized spacial score (nSPS) is 11.8. The van der Waals surface area contributed by atoms with Gasteiger partial charge in [0.05, 0.1) is 6.54 Å². The van der Waals surface area contributed by atoms with Crippen molar-refractivity contribution in [2.75, 3.05) is 0 Å². The number of aryl methyl sites for hydroxylation is 1. The zero-order valence-corrected chi connectivity index (χ0v) is 19.7. The van der Waals surface area contributed by atoms with Crippen LogP contribution in [0.25, 0.3) is 22.5 Å². The van der Waals surface area contributed by atoms with E-state index in [0.717, 1.165) is 47.3 Å². The van der Waals surface area contributed by atoms with Gasteiger partial charge in [0.1, 0.15) is 5.82 Å². The van der Waals surface area contributed by atoms with E-state index >= 15 is 0 Å². The Bertz CT molecular complexity index is 1250. The van der Waals surface area contributed by atoms with Crippen LogP contribution in [0.4, 0.5) is 0 Å². The summed E-state index contributed by atoms with van der Waals surface area (Å²) in [5.74, 6) is 1.38. The number of hydrogen-bond acceptors (Lipinski definition) is 5. The summed E-state index contributed by atoms with van der Waals surface area (Å²) in [6, 6.07) is 16.3. The van der Waals surface area contributed by atoms with E-state index in [1.54, 1.807) is 4.68 Å². The average Bonchev–Trinajstić information content (AvgIpc) is 3.44. The van der Waals surface area contributed by atoms with Crippen molar-refractivity contribution in [3.63, 3.8) is 0 Å². The molecule has 0 bridgehead atoms. The fourth-order valence-electron chi connectivity index (χ4n) is 3.97. The Balaban J connectivity index is 1.63. The van der Waals surface area contributed by atoms with Crippen LogP contribution in [0.2, 0.25) is 0 Å². The summed E-state index contributed by atoms with van der Waals surface area (Å²) in [6.45, 7) is 9.60. The van der Waals surface area contributed by atoms with Gasteiger partial charge in [0.2, 0.25) is 5.82 Å². The minimum Gasteiger partial charge on any atom is -0.274 e. The molecule has 0 fully saturated rings. The van der Waals surface area contributed by atoms with Gasteiger partial charge in [0, 0.05) is 17.5 Å². The number of hydrogen-bond donors (Lipinski definition) is 1. The lowest BCUT2D eigenvalue weighted by molar-refractivity contribution is 0.495. The highest BCUT2D eigenvalue weighted by molar-refractivity contribution is 5.80. The van der Waals surface area contributed by atoms with E-state index in [4.69, 9.17) is 5.10 Å². The maximum absolute atomic E-state index is 13.1. The molecule has 172 valence electrons. The zero-order valence-electron chi connectivity index (χ0n) is 19.7. The smallest absolute Gasteiger partial charge is 0.274 e. The van der Waals surface area contributed by atoms with E-state index in [0.29, 0.717) is 18.9 Å². The molecule has 2 heterocycles. The van der Waals surface area contributed by atoms with Crippen LogP contribution in [-0.4, -0.2) is 35.0 Å². The first-order chi connectivity index (χ1) is 15.9. The molecule has 8 heteroatoms. The van der Waals surface area contributed by atoms with Gasteiger partial charge in [-0.25, -0.2) is 9.48 Å². The summed E-state index contributed by atoms with van der Waals surface area (Å²) < 4.78 is 3.44. The number of aromatic amines is 1. The summed E-state index contributed by atoms with van der Waals surface area (Å²) in [5.41, 5.74) is 3.79. The first-order valence-electron chi connectivity index (χ1n) is 11.5. The van der Waals surface area contributed by atoms with Gasteiger partial charge in [-0.15, -0.1) is 10.2 Å². The standard InChI is InChI=1S/C25H31N7O/c1-5-6-9-16-32-24(33)31(23(28-32)25(2,3)4)17-18-12-14-19(15-13-18)20-10-7-8-11-21(20)22-26-29-30-27-22/h7-8,10-15H,5-6,9,16-17H2,1-4H3,(H,26,27,29,30). The number of aromatic nitrogens is 7. The minimum absolute atomic E-state index is 0.0393. The topological polar surface area (TPSA) is 94.3 Å². The molecule has 2 aromatic carbocycles. The van der Waals surface area contributed by atoms with Crippen LogP contribution < -0.4 is 5.69 Å². The van der Waals surface area contributed by atoms with E-state index in [-0.39, 0.29) is 11.1 Å². The summed E-state index contributed by atoms with van der Waals surface area (Å²) >= 11 is 0. The largest absolute Gasteiger partial charge is 0.346 e. The monoisotopic (exact) mass is 445 g/mol. The Morgan fingerprint density at radius 3 is 2.33 bits per heavy atom. The van der Waals surface area contributed by atoms with Gasteiger partial charge in [-0.05, 0) is 28.3 Å². The minimum atomic E-state index is -0.224. The number of nitrogens with one attached hydrogen (secondary N) is 1. The van der Waals surface area contributed by atoms with Gasteiger partial charge in [-0.3, -0.25) is 4.57 Å². The fraction of sp³-hybridized carbons (Fsp3) is 0.400. The molecule has 0 spiro atoms. The second-order valence-corrected chi connectivity index (χ2v) is 9.35. The number of unbranched alkanes of at least 4 members (excludes halogenated alkanes) is 2. The number of tetrazole rings is 1. The molecular weight excluding hydrogens is 414 g/mol. The van der Waals surface area contributed by atoms with Crippen LogP contribution >= 0.6 is 0 Å². The summed E-state index contributed by atoms with van der Waals surface area (Å²) in [5, 5.41) is 19.1. The Morgan fingerprint density at radius 1 is 0.970 bits per heavy atom. The van der Waals surface area contributed by atoms with Gasteiger partial charge < -0.3 is 0 Å². The Hall–Kier alpha value is -3.55. The molecule has 0 aliphatic rings. The third kappa shape index (κ3) is 4.94. The zero-order chi connectivity index (χ0) is 23.4. The second kappa shape index (κ2) is 9.52. The Labute approximate surface area is 193 Å². The summed E-state index contributed by atoms with van der Waals surface area (Å²) in [6.07, 6.45) is 3.17. The highest BCUT2D eigenvalue weighted by atomic mass is 16.2. The third-order valence-corrected chi connectivity index (χ3v) is 5.69. The van der Waals surface area contributed by atoms with E-state index in [9.17, 15) is 4.79 Å². The molecule has 0 unspecified atom stereocenters. The van der Waals surface area contributed by atoms with Crippen molar-refractivity contribution in [3.8, 4) is 22.5 Å². The van der Waals surface area contributed by atoms with Gasteiger partial charge in [0.25, 0.3) is 0 Å². The van der Waals surface area contributed by atoms with Gasteiger partial charge in [0.15, 0.2) is 0 Å². The van der Waals surface area contributed by atoms with Crippen molar-refractivity contribution in [2.45, 2.75) is 65.5 Å². The summed E-state index contributed by atoms with van der Waals surface area (Å²) in [4.78, 5) is 13.1. The van der Waals surface area contributed by atoms with Gasteiger partial charge in [-0.1, -0.05) is 89.1 Å². The second-order valence-electron chi connectivity index (χ2n) is 9.35.